The van der Waals surface area contributed by atoms with Crippen molar-refractivity contribution in [1.82, 2.24) is 9.97 Å². The molecular formula is C16H15BrN2. The molecule has 0 saturated heterocycles. The van der Waals surface area contributed by atoms with Crippen molar-refractivity contribution in [3.63, 3.8) is 0 Å². The molecule has 19 heavy (non-hydrogen) atoms. The summed E-state index contributed by atoms with van der Waals surface area (Å²) in [5, 5.41) is 1.26. The molecule has 3 aromatic rings. The van der Waals surface area contributed by atoms with Crippen LogP contribution in [0.4, 0.5) is 0 Å². The van der Waals surface area contributed by atoms with E-state index in [-0.39, 0.29) is 0 Å². The van der Waals surface area contributed by atoms with Crippen LogP contribution in [0.2, 0.25) is 0 Å². The highest BCUT2D eigenvalue weighted by Gasteiger charge is 2.09. The van der Waals surface area contributed by atoms with Gasteiger partial charge in [-0.05, 0) is 48.7 Å². The maximum atomic E-state index is 4.48. The lowest BCUT2D eigenvalue weighted by Gasteiger charge is -2.03. The normalized spacial score (nSPS) is 11.1. The van der Waals surface area contributed by atoms with Crippen LogP contribution in [-0.4, -0.2) is 9.97 Å². The summed E-state index contributed by atoms with van der Waals surface area (Å²) in [7, 11) is 0. The molecule has 96 valence electrons. The first kappa shape index (κ1) is 12.4. The number of pyridine rings is 1. The van der Waals surface area contributed by atoms with Gasteiger partial charge in [0, 0.05) is 39.9 Å². The molecule has 0 radical (unpaired) electrons. The molecule has 2 nitrogen and oxygen atoms in total. The number of hydrogen-bond acceptors (Lipinski definition) is 1. The number of aromatic nitrogens is 2. The van der Waals surface area contributed by atoms with Gasteiger partial charge in [-0.25, -0.2) is 0 Å². The topological polar surface area (TPSA) is 28.7 Å². The van der Waals surface area contributed by atoms with Crippen LogP contribution in [0.3, 0.4) is 0 Å². The lowest BCUT2D eigenvalue weighted by Crippen LogP contribution is -1.91. The van der Waals surface area contributed by atoms with Gasteiger partial charge in [0.15, 0.2) is 0 Å². The van der Waals surface area contributed by atoms with E-state index >= 15 is 0 Å². The summed E-state index contributed by atoms with van der Waals surface area (Å²) >= 11 is 3.66. The van der Waals surface area contributed by atoms with Gasteiger partial charge in [0.05, 0.1) is 0 Å². The Labute approximate surface area is 121 Å². The Hall–Kier alpha value is -1.61. The number of nitrogens with one attached hydrogen (secondary N) is 1. The third-order valence-electron chi connectivity index (χ3n) is 3.30. The van der Waals surface area contributed by atoms with E-state index in [1.54, 1.807) is 0 Å². The van der Waals surface area contributed by atoms with E-state index in [2.05, 4.69) is 70.2 Å². The van der Waals surface area contributed by atoms with Crippen molar-refractivity contribution in [3.8, 4) is 0 Å². The van der Waals surface area contributed by atoms with E-state index in [1.807, 2.05) is 6.20 Å². The van der Waals surface area contributed by atoms with Crippen LogP contribution in [-0.2, 0) is 6.42 Å². The molecule has 0 aliphatic rings. The van der Waals surface area contributed by atoms with E-state index in [9.17, 15) is 0 Å². The van der Waals surface area contributed by atoms with Crippen molar-refractivity contribution < 1.29 is 0 Å². The number of aromatic amines is 1. The fourth-order valence-electron chi connectivity index (χ4n) is 2.36. The second-order valence-electron chi connectivity index (χ2n) is 4.99. The molecule has 0 saturated carbocycles. The third kappa shape index (κ3) is 2.43. The van der Waals surface area contributed by atoms with Gasteiger partial charge in [-0.1, -0.05) is 22.0 Å². The Morgan fingerprint density at radius 3 is 2.74 bits per heavy atom. The zero-order valence-corrected chi connectivity index (χ0v) is 12.6. The molecule has 0 bridgehead atoms. The van der Waals surface area contributed by atoms with E-state index in [4.69, 9.17) is 0 Å². The first-order valence-corrected chi connectivity index (χ1v) is 7.10. The molecule has 2 aromatic heterocycles. The van der Waals surface area contributed by atoms with Crippen molar-refractivity contribution in [2.75, 3.05) is 0 Å². The summed E-state index contributed by atoms with van der Waals surface area (Å²) < 4.78 is 1.14. The lowest BCUT2D eigenvalue weighted by atomic mass is 10.1. The van der Waals surface area contributed by atoms with Gasteiger partial charge < -0.3 is 4.98 Å². The summed E-state index contributed by atoms with van der Waals surface area (Å²) in [6.07, 6.45) is 4.85. The molecule has 3 rings (SSSR count). The number of hydrogen-bond donors (Lipinski definition) is 1. The summed E-state index contributed by atoms with van der Waals surface area (Å²) in [4.78, 5) is 7.82. The second kappa shape index (κ2) is 4.82. The van der Waals surface area contributed by atoms with Gasteiger partial charge >= 0.3 is 0 Å². The zero-order chi connectivity index (χ0) is 13.4. The minimum atomic E-state index is 0.849. The summed E-state index contributed by atoms with van der Waals surface area (Å²) in [5.41, 5.74) is 5.99. The van der Waals surface area contributed by atoms with Crippen LogP contribution < -0.4 is 0 Å². The predicted molar refractivity (Wildman–Crippen MR) is 82.5 cm³/mol. The van der Waals surface area contributed by atoms with E-state index in [1.165, 1.54) is 27.6 Å². The molecule has 3 heteroatoms. The van der Waals surface area contributed by atoms with Crippen LogP contribution in [0, 0.1) is 13.8 Å². The van der Waals surface area contributed by atoms with Crippen molar-refractivity contribution in [2.24, 2.45) is 0 Å². The molecule has 0 atom stereocenters. The van der Waals surface area contributed by atoms with Gasteiger partial charge in [0.1, 0.15) is 0 Å². The number of halogens is 1. The van der Waals surface area contributed by atoms with E-state index in [0.29, 0.717) is 0 Å². The molecule has 0 spiro atoms. The van der Waals surface area contributed by atoms with Gasteiger partial charge in [-0.3, -0.25) is 4.98 Å². The Bertz CT molecular complexity index is 726. The van der Waals surface area contributed by atoms with Crippen molar-refractivity contribution in [3.05, 3.63) is 63.5 Å². The number of rotatable bonds is 2. The number of nitrogens with zero attached hydrogens (tertiary/aromatic N) is 1. The minimum absolute atomic E-state index is 0.849. The molecule has 0 unspecified atom stereocenters. The summed E-state index contributed by atoms with van der Waals surface area (Å²) in [6.45, 7) is 4.16. The maximum absolute atomic E-state index is 4.48. The number of H-pyrrole nitrogens is 1. The Morgan fingerprint density at radius 2 is 2.00 bits per heavy atom. The Morgan fingerprint density at radius 1 is 1.16 bits per heavy atom. The monoisotopic (exact) mass is 314 g/mol. The lowest BCUT2D eigenvalue weighted by molar-refractivity contribution is 1.07. The SMILES string of the molecule is Cc1ccc(Cc2c[nH]c3cc(C)cc(Br)c23)nc1. The second-order valence-corrected chi connectivity index (χ2v) is 5.84. The smallest absolute Gasteiger partial charge is 0.0471 e. The molecule has 0 aliphatic carbocycles. The highest BCUT2D eigenvalue weighted by Crippen LogP contribution is 2.29. The number of aryl methyl sites for hydroxylation is 2. The fourth-order valence-corrected chi connectivity index (χ4v) is 3.19. The molecule has 0 fully saturated rings. The van der Waals surface area contributed by atoms with Gasteiger partial charge in [0.25, 0.3) is 0 Å². The predicted octanol–water partition coefficient (Wildman–Crippen LogP) is 4.53. The van der Waals surface area contributed by atoms with Crippen LogP contribution in [0.1, 0.15) is 22.4 Å². The molecule has 2 heterocycles. The van der Waals surface area contributed by atoms with Gasteiger partial charge in [-0.2, -0.15) is 0 Å². The van der Waals surface area contributed by atoms with Crippen molar-refractivity contribution >= 4 is 26.8 Å². The van der Waals surface area contributed by atoms with Crippen LogP contribution in [0.5, 0.6) is 0 Å². The van der Waals surface area contributed by atoms with Crippen LogP contribution in [0.25, 0.3) is 10.9 Å². The molecule has 1 N–H and O–H groups in total. The highest BCUT2D eigenvalue weighted by molar-refractivity contribution is 9.10. The largest absolute Gasteiger partial charge is 0.361 e. The average Bonchev–Trinajstić information content (AvgIpc) is 2.75. The van der Waals surface area contributed by atoms with E-state index < -0.39 is 0 Å². The highest BCUT2D eigenvalue weighted by atomic mass is 79.9. The fraction of sp³-hybridized carbons (Fsp3) is 0.188. The number of fused-ring (bicyclic) bond motifs is 1. The summed E-state index contributed by atoms with van der Waals surface area (Å²) in [5.74, 6) is 0. The zero-order valence-electron chi connectivity index (χ0n) is 11.0. The molecule has 1 aromatic carbocycles. The first-order valence-electron chi connectivity index (χ1n) is 6.31. The Kier molecular flexibility index (Phi) is 3.15. The van der Waals surface area contributed by atoms with Crippen molar-refractivity contribution in [2.45, 2.75) is 20.3 Å². The summed E-state index contributed by atoms with van der Waals surface area (Å²) in [6, 6.07) is 8.53. The quantitative estimate of drug-likeness (QED) is 0.739. The maximum Gasteiger partial charge on any atom is 0.0471 e. The first-order chi connectivity index (χ1) is 9.13. The van der Waals surface area contributed by atoms with Crippen molar-refractivity contribution in [1.29, 1.82) is 0 Å². The third-order valence-corrected chi connectivity index (χ3v) is 3.93. The standard InChI is InChI=1S/C16H15BrN2/c1-10-3-4-13(18-8-10)7-12-9-19-15-6-11(2)5-14(17)16(12)15/h3-6,8-9,19H,7H2,1-2H3. The van der Waals surface area contributed by atoms with Crippen LogP contribution >= 0.6 is 15.9 Å². The van der Waals surface area contributed by atoms with Gasteiger partial charge in [-0.15, -0.1) is 0 Å². The molecule has 0 aliphatic heterocycles. The molecule has 0 amide bonds. The average molecular weight is 315 g/mol. The Balaban J connectivity index is 2.04. The molecular weight excluding hydrogens is 300 g/mol. The number of benzene rings is 1. The van der Waals surface area contributed by atoms with Gasteiger partial charge in [0.2, 0.25) is 0 Å². The van der Waals surface area contributed by atoms with E-state index in [0.717, 1.165) is 16.6 Å². The minimum Gasteiger partial charge on any atom is -0.361 e. The van der Waals surface area contributed by atoms with Crippen LogP contribution in [0.15, 0.2) is 41.1 Å².